The molecular formula is C14H20N2O3. The first kappa shape index (κ1) is 13.8. The van der Waals surface area contributed by atoms with Gasteiger partial charge in [-0.2, -0.15) is 0 Å². The van der Waals surface area contributed by atoms with Crippen LogP contribution in [0.2, 0.25) is 0 Å². The third kappa shape index (κ3) is 3.45. The predicted molar refractivity (Wildman–Crippen MR) is 72.3 cm³/mol. The Hall–Kier alpha value is -1.59. The van der Waals surface area contributed by atoms with E-state index in [2.05, 4.69) is 0 Å². The minimum Gasteiger partial charge on any atom is -0.490 e. The third-order valence-electron chi connectivity index (χ3n) is 3.17. The molecule has 1 heterocycles. The quantitative estimate of drug-likeness (QED) is 0.802. The number of hydrogen-bond donors (Lipinski definition) is 1. The highest BCUT2D eigenvalue weighted by atomic mass is 16.5. The second kappa shape index (κ2) is 6.54. The molecule has 2 N–H and O–H groups in total. The monoisotopic (exact) mass is 264 g/mol. The van der Waals surface area contributed by atoms with Crippen molar-refractivity contribution >= 4 is 5.91 Å². The second-order valence-corrected chi connectivity index (χ2v) is 4.64. The van der Waals surface area contributed by atoms with Gasteiger partial charge in [0.05, 0.1) is 12.2 Å². The molecule has 0 unspecified atom stereocenters. The van der Waals surface area contributed by atoms with Crippen LogP contribution in [0.5, 0.6) is 5.75 Å². The first-order chi connectivity index (χ1) is 9.22. The van der Waals surface area contributed by atoms with Crippen molar-refractivity contribution < 1.29 is 14.3 Å². The van der Waals surface area contributed by atoms with E-state index in [1.54, 1.807) is 24.1 Å². The summed E-state index contributed by atoms with van der Waals surface area (Å²) in [7, 11) is 1.62. The zero-order valence-corrected chi connectivity index (χ0v) is 11.2. The van der Waals surface area contributed by atoms with Crippen LogP contribution in [0.15, 0.2) is 24.3 Å². The van der Waals surface area contributed by atoms with Crippen LogP contribution in [-0.2, 0) is 4.74 Å². The standard InChI is InChI=1S/C14H20N2O3/c1-18-8-9-19-13-5-3-2-4-12(13)14(17)16-7-6-11(15)10-16/h2-5,11H,6-10,15H2,1H3/t11-/m0/s1. The number of benzene rings is 1. The fourth-order valence-electron chi connectivity index (χ4n) is 2.15. The summed E-state index contributed by atoms with van der Waals surface area (Å²) in [6.45, 7) is 2.26. The minimum absolute atomic E-state index is 0.0130. The van der Waals surface area contributed by atoms with Gasteiger partial charge in [0.15, 0.2) is 0 Å². The van der Waals surface area contributed by atoms with Gasteiger partial charge in [-0.3, -0.25) is 4.79 Å². The smallest absolute Gasteiger partial charge is 0.257 e. The molecule has 1 aliphatic heterocycles. The van der Waals surface area contributed by atoms with Crippen molar-refractivity contribution in [3.8, 4) is 5.75 Å². The lowest BCUT2D eigenvalue weighted by molar-refractivity contribution is 0.0783. The normalized spacial score (nSPS) is 18.6. The molecule has 0 bridgehead atoms. The highest BCUT2D eigenvalue weighted by molar-refractivity contribution is 5.97. The number of para-hydroxylation sites is 1. The minimum atomic E-state index is -0.0130. The Morgan fingerprint density at radius 3 is 2.89 bits per heavy atom. The second-order valence-electron chi connectivity index (χ2n) is 4.64. The Bertz CT molecular complexity index is 436. The molecular weight excluding hydrogens is 244 g/mol. The number of carbonyl (C=O) groups is 1. The summed E-state index contributed by atoms with van der Waals surface area (Å²) >= 11 is 0. The van der Waals surface area contributed by atoms with Crippen molar-refractivity contribution in [3.05, 3.63) is 29.8 Å². The fourth-order valence-corrected chi connectivity index (χ4v) is 2.15. The van der Waals surface area contributed by atoms with Gasteiger partial charge >= 0.3 is 0 Å². The summed E-state index contributed by atoms with van der Waals surface area (Å²) in [6, 6.07) is 7.37. The van der Waals surface area contributed by atoms with Crippen LogP contribution in [0.3, 0.4) is 0 Å². The van der Waals surface area contributed by atoms with Gasteiger partial charge < -0.3 is 20.1 Å². The maximum atomic E-state index is 12.4. The van der Waals surface area contributed by atoms with E-state index in [4.69, 9.17) is 15.2 Å². The number of hydrogen-bond acceptors (Lipinski definition) is 4. The van der Waals surface area contributed by atoms with Gasteiger partial charge in [-0.05, 0) is 18.6 Å². The van der Waals surface area contributed by atoms with Gasteiger partial charge in [-0.1, -0.05) is 12.1 Å². The van der Waals surface area contributed by atoms with Gasteiger partial charge in [0, 0.05) is 26.2 Å². The summed E-state index contributed by atoms with van der Waals surface area (Å²) < 4.78 is 10.5. The van der Waals surface area contributed by atoms with Crippen LogP contribution in [0, 0.1) is 0 Å². The van der Waals surface area contributed by atoms with Crippen molar-refractivity contribution in [1.82, 2.24) is 4.90 Å². The molecule has 0 aromatic heterocycles. The average Bonchev–Trinajstić information content (AvgIpc) is 2.85. The number of methoxy groups -OCH3 is 1. The zero-order chi connectivity index (χ0) is 13.7. The van der Waals surface area contributed by atoms with E-state index in [0.29, 0.717) is 37.6 Å². The molecule has 1 aliphatic rings. The molecule has 1 saturated heterocycles. The summed E-state index contributed by atoms with van der Waals surface area (Å²) in [5, 5.41) is 0. The van der Waals surface area contributed by atoms with Crippen LogP contribution in [0.1, 0.15) is 16.8 Å². The number of rotatable bonds is 5. The van der Waals surface area contributed by atoms with E-state index in [1.165, 1.54) is 0 Å². The molecule has 5 heteroatoms. The number of likely N-dealkylation sites (tertiary alicyclic amines) is 1. The first-order valence-electron chi connectivity index (χ1n) is 6.48. The molecule has 1 fully saturated rings. The van der Waals surface area contributed by atoms with Crippen LogP contribution in [0.4, 0.5) is 0 Å². The molecule has 5 nitrogen and oxygen atoms in total. The summed E-state index contributed by atoms with van der Waals surface area (Å²) in [5.74, 6) is 0.589. The van der Waals surface area contributed by atoms with Crippen LogP contribution in [0.25, 0.3) is 0 Å². The Kier molecular flexibility index (Phi) is 4.76. The molecule has 0 radical (unpaired) electrons. The maximum Gasteiger partial charge on any atom is 0.257 e. The molecule has 1 aromatic carbocycles. The maximum absolute atomic E-state index is 12.4. The van der Waals surface area contributed by atoms with Crippen molar-refractivity contribution in [3.63, 3.8) is 0 Å². The lowest BCUT2D eigenvalue weighted by Crippen LogP contribution is -2.32. The number of nitrogens with zero attached hydrogens (tertiary/aromatic N) is 1. The van der Waals surface area contributed by atoms with Gasteiger partial charge in [0.1, 0.15) is 12.4 Å². The number of carbonyl (C=O) groups excluding carboxylic acids is 1. The Labute approximate surface area is 113 Å². The SMILES string of the molecule is COCCOc1ccccc1C(=O)N1CC[C@H](N)C1. The van der Waals surface area contributed by atoms with Crippen LogP contribution < -0.4 is 10.5 Å². The zero-order valence-electron chi connectivity index (χ0n) is 11.2. The molecule has 1 aromatic rings. The van der Waals surface area contributed by atoms with Crippen molar-refractivity contribution in [2.24, 2.45) is 5.73 Å². The molecule has 0 aliphatic carbocycles. The number of ether oxygens (including phenoxy) is 2. The van der Waals surface area contributed by atoms with Crippen LogP contribution in [-0.4, -0.2) is 50.3 Å². The van der Waals surface area contributed by atoms with E-state index in [9.17, 15) is 4.79 Å². The third-order valence-corrected chi connectivity index (χ3v) is 3.17. The van der Waals surface area contributed by atoms with Gasteiger partial charge in [-0.15, -0.1) is 0 Å². The molecule has 104 valence electrons. The highest BCUT2D eigenvalue weighted by Gasteiger charge is 2.26. The van der Waals surface area contributed by atoms with Crippen molar-refractivity contribution in [1.29, 1.82) is 0 Å². The van der Waals surface area contributed by atoms with E-state index >= 15 is 0 Å². The van der Waals surface area contributed by atoms with E-state index in [-0.39, 0.29) is 11.9 Å². The first-order valence-corrected chi connectivity index (χ1v) is 6.48. The van der Waals surface area contributed by atoms with Gasteiger partial charge in [-0.25, -0.2) is 0 Å². The van der Waals surface area contributed by atoms with Crippen LogP contribution >= 0.6 is 0 Å². The number of amides is 1. The Morgan fingerprint density at radius 1 is 1.42 bits per heavy atom. The van der Waals surface area contributed by atoms with Gasteiger partial charge in [0.2, 0.25) is 0 Å². The molecule has 19 heavy (non-hydrogen) atoms. The topological polar surface area (TPSA) is 64.8 Å². The molecule has 1 atom stereocenters. The molecule has 2 rings (SSSR count). The molecule has 0 spiro atoms. The lowest BCUT2D eigenvalue weighted by atomic mass is 10.2. The molecule has 1 amide bonds. The Balaban J connectivity index is 2.08. The van der Waals surface area contributed by atoms with E-state index in [0.717, 1.165) is 6.42 Å². The largest absolute Gasteiger partial charge is 0.490 e. The van der Waals surface area contributed by atoms with E-state index < -0.39 is 0 Å². The lowest BCUT2D eigenvalue weighted by Gasteiger charge is -2.18. The van der Waals surface area contributed by atoms with E-state index in [1.807, 2.05) is 12.1 Å². The fraction of sp³-hybridized carbons (Fsp3) is 0.500. The highest BCUT2D eigenvalue weighted by Crippen LogP contribution is 2.21. The Morgan fingerprint density at radius 2 is 2.21 bits per heavy atom. The van der Waals surface area contributed by atoms with Crippen molar-refractivity contribution in [2.45, 2.75) is 12.5 Å². The molecule has 0 saturated carbocycles. The predicted octanol–water partition coefficient (Wildman–Crippen LogP) is 0.885. The van der Waals surface area contributed by atoms with Gasteiger partial charge in [0.25, 0.3) is 5.91 Å². The summed E-state index contributed by atoms with van der Waals surface area (Å²) in [5.41, 5.74) is 6.43. The van der Waals surface area contributed by atoms with Crippen molar-refractivity contribution in [2.75, 3.05) is 33.4 Å². The summed E-state index contributed by atoms with van der Waals surface area (Å²) in [4.78, 5) is 14.2. The average molecular weight is 264 g/mol. The number of nitrogens with two attached hydrogens (primary N) is 1. The summed E-state index contributed by atoms with van der Waals surface area (Å²) in [6.07, 6.45) is 0.860.